The Morgan fingerprint density at radius 1 is 1.40 bits per heavy atom. The molecule has 1 N–H and O–H groups in total. The molecule has 1 aliphatic rings. The van der Waals surface area contributed by atoms with E-state index in [2.05, 4.69) is 31.9 Å². The van der Waals surface area contributed by atoms with Crippen molar-refractivity contribution in [1.29, 1.82) is 0 Å². The van der Waals surface area contributed by atoms with Gasteiger partial charge in [-0.2, -0.15) is 0 Å². The molecule has 1 fully saturated rings. The lowest BCUT2D eigenvalue weighted by Crippen LogP contribution is -2.46. The van der Waals surface area contributed by atoms with Crippen molar-refractivity contribution in [3.8, 4) is 0 Å². The van der Waals surface area contributed by atoms with Gasteiger partial charge in [-0.3, -0.25) is 9.59 Å². The fraction of sp³-hybridized carbons (Fsp3) is 0.385. The van der Waals surface area contributed by atoms with Gasteiger partial charge in [0.25, 0.3) is 5.91 Å². The van der Waals surface area contributed by atoms with Gasteiger partial charge in [0.2, 0.25) is 0 Å². The van der Waals surface area contributed by atoms with E-state index in [-0.39, 0.29) is 12.3 Å². The third-order valence-corrected chi connectivity index (χ3v) is 4.14. The number of carbonyl (C=O) groups excluding carboxylic acids is 1. The lowest BCUT2D eigenvalue weighted by atomic mass is 10.1. The summed E-state index contributed by atoms with van der Waals surface area (Å²) in [5.41, 5.74) is 0.559. The quantitative estimate of drug-likeness (QED) is 0.837. The van der Waals surface area contributed by atoms with Crippen LogP contribution >= 0.6 is 31.9 Å². The van der Waals surface area contributed by atoms with Crippen LogP contribution in [0.5, 0.6) is 0 Å². The largest absolute Gasteiger partial charge is 0.481 e. The van der Waals surface area contributed by atoms with Gasteiger partial charge in [-0.1, -0.05) is 15.9 Å². The highest BCUT2D eigenvalue weighted by Crippen LogP contribution is 2.24. The summed E-state index contributed by atoms with van der Waals surface area (Å²) >= 11 is 6.70. The van der Waals surface area contributed by atoms with Crippen molar-refractivity contribution in [3.63, 3.8) is 0 Å². The molecule has 1 amide bonds. The van der Waals surface area contributed by atoms with Crippen LogP contribution < -0.4 is 0 Å². The molecular weight excluding hydrogens is 394 g/mol. The molecule has 0 radical (unpaired) electrons. The van der Waals surface area contributed by atoms with Gasteiger partial charge in [0, 0.05) is 22.0 Å². The first kappa shape index (κ1) is 15.5. The number of carbonyl (C=O) groups is 2. The maximum absolute atomic E-state index is 12.4. The highest BCUT2D eigenvalue weighted by molar-refractivity contribution is 9.11. The number of halogens is 2. The zero-order chi connectivity index (χ0) is 14.7. The Morgan fingerprint density at radius 3 is 2.80 bits per heavy atom. The van der Waals surface area contributed by atoms with E-state index >= 15 is 0 Å². The Balaban J connectivity index is 2.10. The minimum Gasteiger partial charge on any atom is -0.481 e. The molecule has 0 aromatic heterocycles. The van der Waals surface area contributed by atoms with Crippen LogP contribution in [0.3, 0.4) is 0 Å². The van der Waals surface area contributed by atoms with E-state index in [1.165, 1.54) is 0 Å². The van der Waals surface area contributed by atoms with Gasteiger partial charge >= 0.3 is 5.97 Å². The molecule has 1 atom stereocenters. The molecule has 0 saturated carbocycles. The minimum atomic E-state index is -0.922. The van der Waals surface area contributed by atoms with Gasteiger partial charge < -0.3 is 14.7 Å². The molecule has 108 valence electrons. The third-order valence-electron chi connectivity index (χ3n) is 2.99. The maximum atomic E-state index is 12.4. The molecule has 0 bridgehead atoms. The number of amides is 1. The number of aliphatic carboxylic acids is 1. The van der Waals surface area contributed by atoms with Gasteiger partial charge in [-0.25, -0.2) is 0 Å². The average molecular weight is 407 g/mol. The van der Waals surface area contributed by atoms with E-state index in [9.17, 15) is 9.59 Å². The van der Waals surface area contributed by atoms with E-state index in [1.807, 2.05) is 6.07 Å². The second-order valence-corrected chi connectivity index (χ2v) is 6.24. The molecule has 1 aromatic carbocycles. The minimum absolute atomic E-state index is 0.0920. The normalized spacial score (nSPS) is 18.9. The number of hydrogen-bond donors (Lipinski definition) is 1. The number of hydrogen-bond acceptors (Lipinski definition) is 3. The van der Waals surface area contributed by atoms with Crippen LogP contribution in [-0.2, 0) is 9.53 Å². The van der Waals surface area contributed by atoms with Gasteiger partial charge in [0.05, 0.1) is 24.7 Å². The van der Waals surface area contributed by atoms with Crippen LogP contribution in [0.1, 0.15) is 16.8 Å². The van der Waals surface area contributed by atoms with E-state index in [0.29, 0.717) is 29.7 Å². The summed E-state index contributed by atoms with van der Waals surface area (Å²) in [4.78, 5) is 24.8. The number of morpholine rings is 1. The highest BCUT2D eigenvalue weighted by Gasteiger charge is 2.27. The molecule has 2 rings (SSSR count). The smallest absolute Gasteiger partial charge is 0.306 e. The van der Waals surface area contributed by atoms with E-state index < -0.39 is 12.1 Å². The average Bonchev–Trinajstić information content (AvgIpc) is 2.37. The molecule has 0 aliphatic carbocycles. The first-order valence-electron chi connectivity index (χ1n) is 6.05. The van der Waals surface area contributed by atoms with Crippen molar-refractivity contribution in [1.82, 2.24) is 4.90 Å². The molecule has 1 aromatic rings. The maximum Gasteiger partial charge on any atom is 0.306 e. The highest BCUT2D eigenvalue weighted by atomic mass is 79.9. The van der Waals surface area contributed by atoms with Gasteiger partial charge in [0.1, 0.15) is 0 Å². The Labute approximate surface area is 133 Å². The van der Waals surface area contributed by atoms with Crippen molar-refractivity contribution in [2.45, 2.75) is 12.5 Å². The molecule has 20 heavy (non-hydrogen) atoms. The summed E-state index contributed by atoms with van der Waals surface area (Å²) in [5, 5.41) is 8.79. The summed E-state index contributed by atoms with van der Waals surface area (Å²) in [7, 11) is 0. The Morgan fingerprint density at radius 2 is 2.15 bits per heavy atom. The predicted octanol–water partition coefficient (Wildman–Crippen LogP) is 2.53. The van der Waals surface area contributed by atoms with E-state index in [1.54, 1.807) is 17.0 Å². The second kappa shape index (κ2) is 6.69. The summed E-state index contributed by atoms with van der Waals surface area (Å²) < 4.78 is 6.95. The molecule has 0 spiro atoms. The number of ether oxygens (including phenoxy) is 1. The molecular formula is C13H13Br2NO4. The Bertz CT molecular complexity index is 535. The van der Waals surface area contributed by atoms with E-state index in [0.717, 1.165) is 4.47 Å². The van der Waals surface area contributed by atoms with Crippen molar-refractivity contribution < 1.29 is 19.4 Å². The fourth-order valence-electron chi connectivity index (χ4n) is 2.06. The number of carboxylic acids is 1. The monoisotopic (exact) mass is 405 g/mol. The zero-order valence-electron chi connectivity index (χ0n) is 10.5. The van der Waals surface area contributed by atoms with Crippen LogP contribution in [0.4, 0.5) is 0 Å². The van der Waals surface area contributed by atoms with Gasteiger partial charge in [-0.15, -0.1) is 0 Å². The number of carboxylic acid groups (broad SMARTS) is 1. The van der Waals surface area contributed by atoms with E-state index in [4.69, 9.17) is 9.84 Å². The summed E-state index contributed by atoms with van der Waals surface area (Å²) in [6, 6.07) is 5.34. The topological polar surface area (TPSA) is 66.8 Å². The molecule has 7 heteroatoms. The van der Waals surface area contributed by atoms with Crippen LogP contribution in [-0.4, -0.2) is 47.7 Å². The van der Waals surface area contributed by atoms with Crippen LogP contribution in [0.25, 0.3) is 0 Å². The Hall–Kier alpha value is -0.920. The molecule has 1 heterocycles. The standard InChI is InChI=1S/C13H13Br2NO4/c14-8-1-2-10(11(15)5-8)13(19)16-3-4-20-9(7-16)6-12(17)18/h1-2,5,9H,3-4,6-7H2,(H,17,18). The molecule has 5 nitrogen and oxygen atoms in total. The van der Waals surface area contributed by atoms with Gasteiger partial charge in [-0.05, 0) is 34.1 Å². The van der Waals surface area contributed by atoms with Crippen LogP contribution in [0, 0.1) is 0 Å². The lowest BCUT2D eigenvalue weighted by Gasteiger charge is -2.32. The zero-order valence-corrected chi connectivity index (χ0v) is 13.7. The van der Waals surface area contributed by atoms with Gasteiger partial charge in [0.15, 0.2) is 0 Å². The Kier molecular flexibility index (Phi) is 5.17. The fourth-order valence-corrected chi connectivity index (χ4v) is 3.27. The number of rotatable bonds is 3. The second-order valence-electron chi connectivity index (χ2n) is 4.47. The van der Waals surface area contributed by atoms with Crippen LogP contribution in [0.15, 0.2) is 27.1 Å². The first-order chi connectivity index (χ1) is 9.47. The molecule has 1 aliphatic heterocycles. The lowest BCUT2D eigenvalue weighted by molar-refractivity contribution is -0.141. The predicted molar refractivity (Wildman–Crippen MR) is 79.7 cm³/mol. The van der Waals surface area contributed by atoms with Crippen molar-refractivity contribution >= 4 is 43.7 Å². The summed E-state index contributed by atoms with van der Waals surface area (Å²) in [6.45, 7) is 1.13. The van der Waals surface area contributed by atoms with Crippen molar-refractivity contribution in [2.24, 2.45) is 0 Å². The summed E-state index contributed by atoms with van der Waals surface area (Å²) in [6.07, 6.45) is -0.537. The number of benzene rings is 1. The molecule has 1 unspecified atom stereocenters. The first-order valence-corrected chi connectivity index (χ1v) is 7.63. The SMILES string of the molecule is O=C(O)CC1CN(C(=O)c2ccc(Br)cc2Br)CCO1. The molecule has 1 saturated heterocycles. The van der Waals surface area contributed by atoms with Crippen LogP contribution in [0.2, 0.25) is 0 Å². The third kappa shape index (κ3) is 3.80. The van der Waals surface area contributed by atoms with Crippen molar-refractivity contribution in [3.05, 3.63) is 32.7 Å². The van der Waals surface area contributed by atoms with Crippen molar-refractivity contribution in [2.75, 3.05) is 19.7 Å². The number of nitrogens with zero attached hydrogens (tertiary/aromatic N) is 1. The summed E-state index contributed by atoms with van der Waals surface area (Å²) in [5.74, 6) is -1.04.